The molecule has 5 rings (SSSR count). The summed E-state index contributed by atoms with van der Waals surface area (Å²) >= 11 is 1.66. The molecule has 3 aliphatic rings. The molecule has 1 aromatic heterocycles. The van der Waals surface area contributed by atoms with Gasteiger partial charge in [-0.25, -0.2) is 4.68 Å². The van der Waals surface area contributed by atoms with Gasteiger partial charge in [-0.3, -0.25) is 14.4 Å². The number of amides is 3. The predicted molar refractivity (Wildman–Crippen MR) is 126 cm³/mol. The van der Waals surface area contributed by atoms with Gasteiger partial charge in [-0.1, -0.05) is 17.3 Å². The molecule has 3 N–H and O–H groups in total. The van der Waals surface area contributed by atoms with Gasteiger partial charge in [0.1, 0.15) is 18.2 Å². The Bertz CT molecular complexity index is 1110. The Hall–Kier alpha value is -2.66. The van der Waals surface area contributed by atoms with E-state index in [4.69, 9.17) is 5.11 Å². The summed E-state index contributed by atoms with van der Waals surface area (Å²) < 4.78 is 1.04. The van der Waals surface area contributed by atoms with E-state index < -0.39 is 22.6 Å². The number of carbonyl (C=O) groups is 3. The van der Waals surface area contributed by atoms with Gasteiger partial charge in [0.05, 0.1) is 22.1 Å². The third-order valence-electron chi connectivity index (χ3n) is 7.48. The van der Waals surface area contributed by atoms with E-state index in [-0.39, 0.29) is 36.2 Å². The second-order valence-corrected chi connectivity index (χ2v) is 10.9. The van der Waals surface area contributed by atoms with Gasteiger partial charge in [0.15, 0.2) is 0 Å². The van der Waals surface area contributed by atoms with Crippen LogP contribution < -0.4 is 10.6 Å². The number of aliphatic hydroxyl groups excluding tert-OH is 1. The SMILES string of the molecule is CNC(=O)[C@@H]1[C@@H]2CCC3(S2)C(C(=O)NCn2nnc4ccccc42)N(CCCCCO)C(=O)[C@H]13. The molecular formula is C23H30N6O4S. The second kappa shape index (κ2) is 9.18. The molecule has 1 spiro atoms. The summed E-state index contributed by atoms with van der Waals surface area (Å²) in [6, 6.07) is 6.89. The lowest BCUT2D eigenvalue weighted by Gasteiger charge is -2.34. The fourth-order valence-corrected chi connectivity index (χ4v) is 8.23. The Kier molecular flexibility index (Phi) is 6.24. The molecule has 34 heavy (non-hydrogen) atoms. The lowest BCUT2D eigenvalue weighted by Crippen LogP contribution is -2.54. The number of carbonyl (C=O) groups excluding carboxylic acids is 3. The molecule has 5 atom stereocenters. The van der Waals surface area contributed by atoms with Crippen molar-refractivity contribution in [3.05, 3.63) is 24.3 Å². The van der Waals surface area contributed by atoms with Crippen LogP contribution in [0.1, 0.15) is 32.1 Å². The molecule has 182 valence electrons. The summed E-state index contributed by atoms with van der Waals surface area (Å²) in [7, 11) is 1.60. The van der Waals surface area contributed by atoms with Gasteiger partial charge in [0.2, 0.25) is 17.7 Å². The zero-order valence-electron chi connectivity index (χ0n) is 19.1. The zero-order valence-corrected chi connectivity index (χ0v) is 20.0. The van der Waals surface area contributed by atoms with Crippen molar-refractivity contribution in [2.24, 2.45) is 11.8 Å². The molecule has 3 amide bonds. The molecule has 0 aliphatic carbocycles. The van der Waals surface area contributed by atoms with E-state index >= 15 is 0 Å². The third kappa shape index (κ3) is 3.56. The van der Waals surface area contributed by atoms with Crippen LogP contribution in [-0.2, 0) is 21.1 Å². The summed E-state index contributed by atoms with van der Waals surface area (Å²) in [5.74, 6) is -1.33. The number of aliphatic hydroxyl groups is 1. The monoisotopic (exact) mass is 486 g/mol. The average Bonchev–Trinajstić information content (AvgIpc) is 3.59. The molecule has 0 saturated carbocycles. The normalized spacial score (nSPS) is 29.6. The second-order valence-electron chi connectivity index (χ2n) is 9.26. The van der Waals surface area contributed by atoms with Crippen molar-refractivity contribution < 1.29 is 19.5 Å². The van der Waals surface area contributed by atoms with Gasteiger partial charge >= 0.3 is 0 Å². The maximum atomic E-state index is 13.7. The lowest BCUT2D eigenvalue weighted by atomic mass is 9.71. The first kappa shape index (κ1) is 23.1. The topological polar surface area (TPSA) is 129 Å². The van der Waals surface area contributed by atoms with E-state index in [9.17, 15) is 14.4 Å². The van der Waals surface area contributed by atoms with E-state index in [0.29, 0.717) is 19.4 Å². The Morgan fingerprint density at radius 3 is 2.85 bits per heavy atom. The molecular weight excluding hydrogens is 456 g/mol. The van der Waals surface area contributed by atoms with Crippen molar-refractivity contribution in [3.8, 4) is 0 Å². The minimum Gasteiger partial charge on any atom is -0.396 e. The minimum absolute atomic E-state index is 0.0556. The van der Waals surface area contributed by atoms with Crippen molar-refractivity contribution >= 4 is 40.5 Å². The Balaban J connectivity index is 1.40. The van der Waals surface area contributed by atoms with Gasteiger partial charge in [-0.15, -0.1) is 16.9 Å². The summed E-state index contributed by atoms with van der Waals surface area (Å²) in [4.78, 5) is 41.8. The molecule has 0 radical (unpaired) electrons. The average molecular weight is 487 g/mol. The molecule has 11 heteroatoms. The van der Waals surface area contributed by atoms with Gasteiger partial charge in [0.25, 0.3) is 0 Å². The quantitative estimate of drug-likeness (QED) is 0.440. The third-order valence-corrected chi connectivity index (χ3v) is 9.43. The van der Waals surface area contributed by atoms with Crippen molar-refractivity contribution in [1.82, 2.24) is 30.5 Å². The summed E-state index contributed by atoms with van der Waals surface area (Å²) in [6.07, 6.45) is 3.69. The number of hydrogen-bond acceptors (Lipinski definition) is 7. The molecule has 2 bridgehead atoms. The molecule has 2 unspecified atom stereocenters. The summed E-state index contributed by atoms with van der Waals surface area (Å²) in [5.41, 5.74) is 1.56. The highest BCUT2D eigenvalue weighted by Crippen LogP contribution is 2.66. The smallest absolute Gasteiger partial charge is 0.245 e. The molecule has 10 nitrogen and oxygen atoms in total. The number of nitrogens with one attached hydrogen (secondary N) is 2. The molecule has 3 fully saturated rings. The maximum absolute atomic E-state index is 13.7. The lowest BCUT2D eigenvalue weighted by molar-refractivity contribution is -0.140. The molecule has 3 saturated heterocycles. The molecule has 3 aliphatic heterocycles. The van der Waals surface area contributed by atoms with Crippen LogP contribution >= 0.6 is 11.8 Å². The highest BCUT2D eigenvalue weighted by Gasteiger charge is 2.73. The van der Waals surface area contributed by atoms with Crippen molar-refractivity contribution in [2.45, 2.75) is 54.8 Å². The van der Waals surface area contributed by atoms with E-state index in [1.54, 1.807) is 28.4 Å². The van der Waals surface area contributed by atoms with Crippen LogP contribution in [0.15, 0.2) is 24.3 Å². The van der Waals surface area contributed by atoms with Crippen LogP contribution in [0.2, 0.25) is 0 Å². The Morgan fingerprint density at radius 2 is 2.06 bits per heavy atom. The number of likely N-dealkylation sites (tertiary alicyclic amines) is 1. The summed E-state index contributed by atoms with van der Waals surface area (Å²) in [5, 5.41) is 23.2. The van der Waals surface area contributed by atoms with Crippen molar-refractivity contribution in [1.29, 1.82) is 0 Å². The number of benzene rings is 1. The van der Waals surface area contributed by atoms with Crippen LogP contribution in [0.3, 0.4) is 0 Å². The number of para-hydroxylation sites is 1. The first-order chi connectivity index (χ1) is 16.5. The molecule has 4 heterocycles. The largest absolute Gasteiger partial charge is 0.396 e. The minimum atomic E-state index is -0.640. The van der Waals surface area contributed by atoms with E-state index in [2.05, 4.69) is 20.9 Å². The van der Waals surface area contributed by atoms with E-state index in [1.165, 1.54) is 0 Å². The number of fused-ring (bicyclic) bond motifs is 2. The van der Waals surface area contributed by atoms with E-state index in [1.807, 2.05) is 24.3 Å². The number of rotatable bonds is 9. The van der Waals surface area contributed by atoms with E-state index in [0.717, 1.165) is 30.3 Å². The maximum Gasteiger partial charge on any atom is 0.245 e. The summed E-state index contributed by atoms with van der Waals surface area (Å²) in [6.45, 7) is 0.690. The first-order valence-corrected chi connectivity index (χ1v) is 12.8. The van der Waals surface area contributed by atoms with Crippen molar-refractivity contribution in [2.75, 3.05) is 20.2 Å². The van der Waals surface area contributed by atoms with Gasteiger partial charge < -0.3 is 20.6 Å². The first-order valence-electron chi connectivity index (χ1n) is 11.9. The number of unbranched alkanes of at least 4 members (excludes halogenated alkanes) is 2. The predicted octanol–water partition coefficient (Wildman–Crippen LogP) is 0.505. The van der Waals surface area contributed by atoms with Crippen LogP contribution in [0, 0.1) is 11.8 Å². The number of thioether (sulfide) groups is 1. The van der Waals surface area contributed by atoms with Gasteiger partial charge in [-0.2, -0.15) is 0 Å². The molecule has 1 aromatic carbocycles. The Labute approximate surface area is 201 Å². The number of hydrogen-bond donors (Lipinski definition) is 3. The fourth-order valence-electron chi connectivity index (χ4n) is 6.02. The van der Waals surface area contributed by atoms with Gasteiger partial charge in [-0.05, 0) is 44.2 Å². The number of aromatic nitrogens is 3. The van der Waals surface area contributed by atoms with Crippen LogP contribution in [0.4, 0.5) is 0 Å². The van der Waals surface area contributed by atoms with Crippen molar-refractivity contribution in [3.63, 3.8) is 0 Å². The fraction of sp³-hybridized carbons (Fsp3) is 0.609. The highest BCUT2D eigenvalue weighted by molar-refractivity contribution is 8.02. The Morgan fingerprint density at radius 1 is 1.24 bits per heavy atom. The highest BCUT2D eigenvalue weighted by atomic mass is 32.2. The zero-order chi connectivity index (χ0) is 23.9. The van der Waals surface area contributed by atoms with Gasteiger partial charge in [0, 0.05) is 25.4 Å². The van der Waals surface area contributed by atoms with Crippen LogP contribution in [-0.4, -0.2) is 79.0 Å². The number of nitrogens with zero attached hydrogens (tertiary/aromatic N) is 4. The standard InChI is InChI=1S/C23H30N6O4S/c1-24-20(31)17-16-9-10-23(34-16)18(17)22(33)28(11-5-2-6-12-30)19(23)21(32)25-13-29-15-8-4-3-7-14(15)26-27-29/h3-4,7-8,16-19,30H,2,5-6,9-13H2,1H3,(H,24,31)(H,25,32)/t16-,17+,18-,19?,23?/m0/s1. The molecule has 2 aromatic rings. The van der Waals surface area contributed by atoms with Crippen LogP contribution in [0.25, 0.3) is 11.0 Å². The van der Waals surface area contributed by atoms with Crippen LogP contribution in [0.5, 0.6) is 0 Å².